The van der Waals surface area contributed by atoms with Crippen LogP contribution in [-0.2, 0) is 0 Å². The molecule has 25 heavy (non-hydrogen) atoms. The van der Waals surface area contributed by atoms with Crippen LogP contribution in [0.1, 0.15) is 35.9 Å². The summed E-state index contributed by atoms with van der Waals surface area (Å²) in [7, 11) is 0. The SMILES string of the molecule is CCOc1cc(C(=O)N[C@H](C)c2ccncc2)nn1-c1ccccc1. The second kappa shape index (κ2) is 7.61. The van der Waals surface area contributed by atoms with Gasteiger partial charge in [0.25, 0.3) is 5.91 Å². The first kappa shape index (κ1) is 16.7. The van der Waals surface area contributed by atoms with Gasteiger partial charge in [0, 0.05) is 18.5 Å². The molecule has 6 nitrogen and oxygen atoms in total. The van der Waals surface area contributed by atoms with Gasteiger partial charge in [0.15, 0.2) is 5.69 Å². The van der Waals surface area contributed by atoms with Crippen LogP contribution in [0.2, 0.25) is 0 Å². The van der Waals surface area contributed by atoms with Crippen molar-refractivity contribution < 1.29 is 9.53 Å². The molecule has 0 unspecified atom stereocenters. The average molecular weight is 336 g/mol. The minimum absolute atomic E-state index is 0.145. The summed E-state index contributed by atoms with van der Waals surface area (Å²) < 4.78 is 7.26. The lowest BCUT2D eigenvalue weighted by molar-refractivity contribution is 0.0934. The maximum atomic E-state index is 12.6. The number of benzene rings is 1. The van der Waals surface area contributed by atoms with Crippen molar-refractivity contribution >= 4 is 5.91 Å². The third kappa shape index (κ3) is 3.85. The molecule has 1 atom stereocenters. The number of aromatic nitrogens is 3. The van der Waals surface area contributed by atoms with Gasteiger partial charge in [-0.05, 0) is 43.7 Å². The Morgan fingerprint density at radius 1 is 1.20 bits per heavy atom. The largest absolute Gasteiger partial charge is 0.478 e. The summed E-state index contributed by atoms with van der Waals surface area (Å²) in [6.45, 7) is 4.31. The number of nitrogens with one attached hydrogen (secondary N) is 1. The Bertz CT molecular complexity index is 831. The van der Waals surface area contributed by atoms with E-state index in [-0.39, 0.29) is 11.9 Å². The molecule has 1 N–H and O–H groups in total. The first-order valence-electron chi connectivity index (χ1n) is 8.18. The normalized spacial score (nSPS) is 11.8. The predicted octanol–water partition coefficient (Wildman–Crippen LogP) is 3.16. The Balaban J connectivity index is 1.83. The number of amides is 1. The van der Waals surface area contributed by atoms with Crippen LogP contribution in [-0.4, -0.2) is 27.3 Å². The zero-order valence-electron chi connectivity index (χ0n) is 14.2. The highest BCUT2D eigenvalue weighted by Gasteiger charge is 2.18. The highest BCUT2D eigenvalue weighted by atomic mass is 16.5. The van der Waals surface area contributed by atoms with Crippen LogP contribution in [0.3, 0.4) is 0 Å². The Labute approximate surface area is 146 Å². The predicted molar refractivity (Wildman–Crippen MR) is 94.9 cm³/mol. The second-order valence-corrected chi connectivity index (χ2v) is 5.52. The van der Waals surface area contributed by atoms with Gasteiger partial charge in [0.2, 0.25) is 5.88 Å². The van der Waals surface area contributed by atoms with Crippen LogP contribution in [0.4, 0.5) is 0 Å². The van der Waals surface area contributed by atoms with Crippen molar-refractivity contribution in [3.05, 3.63) is 72.2 Å². The van der Waals surface area contributed by atoms with E-state index in [0.717, 1.165) is 11.3 Å². The van der Waals surface area contributed by atoms with E-state index < -0.39 is 0 Å². The lowest BCUT2D eigenvalue weighted by atomic mass is 10.1. The fourth-order valence-corrected chi connectivity index (χ4v) is 2.49. The number of hydrogen-bond donors (Lipinski definition) is 1. The van der Waals surface area contributed by atoms with Crippen LogP contribution in [0.15, 0.2) is 60.9 Å². The van der Waals surface area contributed by atoms with Crippen LogP contribution in [0.5, 0.6) is 5.88 Å². The smallest absolute Gasteiger partial charge is 0.272 e. The van der Waals surface area contributed by atoms with Gasteiger partial charge in [-0.2, -0.15) is 5.10 Å². The quantitative estimate of drug-likeness (QED) is 0.751. The van der Waals surface area contributed by atoms with Crippen LogP contribution in [0.25, 0.3) is 5.69 Å². The van der Waals surface area contributed by atoms with Crippen molar-refractivity contribution in [2.24, 2.45) is 0 Å². The molecular formula is C19H20N4O2. The van der Waals surface area contributed by atoms with E-state index in [2.05, 4.69) is 15.4 Å². The van der Waals surface area contributed by atoms with Crippen molar-refractivity contribution in [2.45, 2.75) is 19.9 Å². The van der Waals surface area contributed by atoms with E-state index in [1.165, 1.54) is 0 Å². The van der Waals surface area contributed by atoms with Crippen LogP contribution in [0, 0.1) is 0 Å². The first-order chi connectivity index (χ1) is 12.2. The number of rotatable bonds is 6. The Morgan fingerprint density at radius 3 is 2.60 bits per heavy atom. The number of carbonyl (C=O) groups is 1. The zero-order valence-corrected chi connectivity index (χ0v) is 14.2. The summed E-state index contributed by atoms with van der Waals surface area (Å²) in [4.78, 5) is 16.6. The van der Waals surface area contributed by atoms with E-state index in [4.69, 9.17) is 4.74 Å². The molecule has 3 aromatic rings. The third-order valence-corrected chi connectivity index (χ3v) is 3.76. The van der Waals surface area contributed by atoms with Crippen molar-refractivity contribution in [3.8, 4) is 11.6 Å². The molecule has 0 saturated carbocycles. The number of carbonyl (C=O) groups excluding carboxylic acids is 1. The lowest BCUT2D eigenvalue weighted by Crippen LogP contribution is -2.27. The number of pyridine rings is 1. The highest BCUT2D eigenvalue weighted by molar-refractivity contribution is 5.93. The fourth-order valence-electron chi connectivity index (χ4n) is 2.49. The van der Waals surface area contributed by atoms with Gasteiger partial charge in [-0.3, -0.25) is 9.78 Å². The van der Waals surface area contributed by atoms with Gasteiger partial charge in [0.1, 0.15) is 0 Å². The Kier molecular flexibility index (Phi) is 5.09. The molecule has 6 heteroatoms. The molecule has 0 bridgehead atoms. The van der Waals surface area contributed by atoms with Gasteiger partial charge >= 0.3 is 0 Å². The molecule has 0 radical (unpaired) electrons. The number of para-hydroxylation sites is 1. The van der Waals surface area contributed by atoms with Crippen molar-refractivity contribution in [1.82, 2.24) is 20.1 Å². The zero-order chi connectivity index (χ0) is 17.6. The fraction of sp³-hybridized carbons (Fsp3) is 0.211. The highest BCUT2D eigenvalue weighted by Crippen LogP contribution is 2.20. The van der Waals surface area contributed by atoms with E-state index in [9.17, 15) is 4.79 Å². The maximum Gasteiger partial charge on any atom is 0.272 e. The van der Waals surface area contributed by atoms with E-state index >= 15 is 0 Å². The van der Waals surface area contributed by atoms with Gasteiger partial charge in [-0.25, -0.2) is 4.68 Å². The molecule has 2 heterocycles. The van der Waals surface area contributed by atoms with Gasteiger partial charge in [-0.1, -0.05) is 18.2 Å². The van der Waals surface area contributed by atoms with E-state index in [0.29, 0.717) is 18.2 Å². The number of nitrogens with zero attached hydrogens (tertiary/aromatic N) is 3. The second-order valence-electron chi connectivity index (χ2n) is 5.52. The average Bonchev–Trinajstić information content (AvgIpc) is 3.07. The van der Waals surface area contributed by atoms with Crippen LogP contribution >= 0.6 is 0 Å². The van der Waals surface area contributed by atoms with Crippen molar-refractivity contribution in [3.63, 3.8) is 0 Å². The van der Waals surface area contributed by atoms with Crippen LogP contribution < -0.4 is 10.1 Å². The summed E-state index contributed by atoms with van der Waals surface area (Å²) in [6.07, 6.45) is 3.41. The van der Waals surface area contributed by atoms with Gasteiger partial charge in [-0.15, -0.1) is 0 Å². The lowest BCUT2D eigenvalue weighted by Gasteiger charge is -2.12. The monoisotopic (exact) mass is 336 g/mol. The number of hydrogen-bond acceptors (Lipinski definition) is 4. The minimum Gasteiger partial charge on any atom is -0.478 e. The van der Waals surface area contributed by atoms with Crippen molar-refractivity contribution in [1.29, 1.82) is 0 Å². The Hall–Kier alpha value is -3.15. The van der Waals surface area contributed by atoms with E-state index in [1.54, 1.807) is 23.1 Å². The molecular weight excluding hydrogens is 316 g/mol. The summed E-state index contributed by atoms with van der Waals surface area (Å²) in [5.41, 5.74) is 2.14. The first-order valence-corrected chi connectivity index (χ1v) is 8.18. The molecule has 0 aliphatic carbocycles. The number of ether oxygens (including phenoxy) is 1. The van der Waals surface area contributed by atoms with Crippen molar-refractivity contribution in [2.75, 3.05) is 6.61 Å². The van der Waals surface area contributed by atoms with Gasteiger partial charge < -0.3 is 10.1 Å². The minimum atomic E-state index is -0.250. The summed E-state index contributed by atoms with van der Waals surface area (Å²) in [5.74, 6) is 0.287. The topological polar surface area (TPSA) is 69.0 Å². The molecule has 2 aromatic heterocycles. The van der Waals surface area contributed by atoms with E-state index in [1.807, 2.05) is 56.3 Å². The molecule has 0 spiro atoms. The summed E-state index contributed by atoms with van der Waals surface area (Å²) >= 11 is 0. The third-order valence-electron chi connectivity index (χ3n) is 3.76. The van der Waals surface area contributed by atoms with Gasteiger partial charge in [0.05, 0.1) is 18.3 Å². The maximum absolute atomic E-state index is 12.6. The summed E-state index contributed by atoms with van der Waals surface area (Å²) in [5, 5.41) is 7.36. The molecule has 3 rings (SSSR count). The molecule has 1 amide bonds. The molecule has 128 valence electrons. The molecule has 0 aliphatic heterocycles. The molecule has 0 fully saturated rings. The standard InChI is InChI=1S/C19H20N4O2/c1-3-25-18-13-17(22-23(18)16-7-5-4-6-8-16)19(24)21-14(2)15-9-11-20-12-10-15/h4-14H,3H2,1-2H3,(H,21,24)/t14-/m1/s1. The Morgan fingerprint density at radius 2 is 1.92 bits per heavy atom. The summed E-state index contributed by atoms with van der Waals surface area (Å²) in [6, 6.07) is 14.8. The molecule has 0 aliphatic rings. The molecule has 1 aromatic carbocycles. The molecule has 0 saturated heterocycles.